The Kier molecular flexibility index (Phi) is 5.60. The third kappa shape index (κ3) is 4.46. The molecule has 1 fully saturated rings. The van der Waals surface area contributed by atoms with E-state index >= 15 is 0 Å². The van der Waals surface area contributed by atoms with Gasteiger partial charge in [0.05, 0.1) is 34.1 Å². The fourth-order valence-electron chi connectivity index (χ4n) is 4.17. The van der Waals surface area contributed by atoms with E-state index in [1.807, 2.05) is 26.0 Å². The first-order chi connectivity index (χ1) is 15.8. The molecule has 1 saturated carbocycles. The molecule has 2 aromatic heterocycles. The lowest BCUT2D eigenvalue weighted by atomic mass is 9.94. The number of ether oxygens (including phenoxy) is 2. The number of hydrogen-bond donors (Lipinski definition) is 0. The molecule has 33 heavy (non-hydrogen) atoms. The van der Waals surface area contributed by atoms with E-state index in [1.54, 1.807) is 12.3 Å². The number of rotatable bonds is 5. The van der Waals surface area contributed by atoms with Crippen molar-refractivity contribution in [3.63, 3.8) is 0 Å². The van der Waals surface area contributed by atoms with Crippen LogP contribution < -0.4 is 9.47 Å². The Labute approximate surface area is 192 Å². The smallest absolute Gasteiger partial charge is 0.251 e. The second-order valence-electron chi connectivity index (χ2n) is 8.28. The van der Waals surface area contributed by atoms with Gasteiger partial charge < -0.3 is 9.47 Å². The molecule has 5 nitrogen and oxygen atoms in total. The first-order valence-electron chi connectivity index (χ1n) is 10.9. The number of benzene rings is 2. The zero-order valence-corrected chi connectivity index (χ0v) is 19.0. The molecule has 4 aromatic rings. The number of halogens is 3. The fraction of sp³-hybridized carbons (Fsp3) is 0.375. The van der Waals surface area contributed by atoms with Gasteiger partial charge in [0.1, 0.15) is 11.1 Å². The average molecular weight is 474 g/mol. The highest BCUT2D eigenvalue weighted by Crippen LogP contribution is 2.39. The molecule has 0 N–H and O–H groups in total. The first kappa shape index (κ1) is 21.9. The number of thiazole rings is 1. The van der Waals surface area contributed by atoms with Crippen molar-refractivity contribution in [2.24, 2.45) is 0 Å². The monoisotopic (exact) mass is 473 g/mol. The van der Waals surface area contributed by atoms with Crippen molar-refractivity contribution in [1.82, 2.24) is 15.0 Å². The van der Waals surface area contributed by atoms with E-state index in [2.05, 4.69) is 15.0 Å². The molecule has 0 radical (unpaired) electrons. The molecule has 9 heteroatoms. The topological polar surface area (TPSA) is 57.1 Å². The number of fused-ring (bicyclic) bond motifs is 2. The third-order valence-corrected chi connectivity index (χ3v) is 6.67. The van der Waals surface area contributed by atoms with Gasteiger partial charge in [0.2, 0.25) is 5.88 Å². The van der Waals surface area contributed by atoms with Crippen LogP contribution in [0.25, 0.3) is 31.8 Å². The van der Waals surface area contributed by atoms with E-state index in [0.29, 0.717) is 51.6 Å². The molecule has 0 amide bonds. The largest absolute Gasteiger partial charge is 0.487 e. The molecule has 0 aliphatic heterocycles. The van der Waals surface area contributed by atoms with Gasteiger partial charge in [0.25, 0.3) is 5.92 Å². The number of aromatic nitrogens is 3. The SMILES string of the molecule is CCOc1cnc2c(-c3nc4cc(F)c(O[C@H]5CCCC(F)(F)C5)cc4s3)cc(C)cc2n1. The van der Waals surface area contributed by atoms with Gasteiger partial charge in [-0.25, -0.2) is 28.1 Å². The van der Waals surface area contributed by atoms with Crippen LogP contribution in [0.1, 0.15) is 38.2 Å². The van der Waals surface area contributed by atoms with Gasteiger partial charge in [-0.05, 0) is 44.4 Å². The summed E-state index contributed by atoms with van der Waals surface area (Å²) in [5.41, 5.74) is 3.60. The van der Waals surface area contributed by atoms with Crippen molar-refractivity contribution in [2.75, 3.05) is 6.61 Å². The van der Waals surface area contributed by atoms with Crippen LogP contribution in [0, 0.1) is 12.7 Å². The lowest BCUT2D eigenvalue weighted by Crippen LogP contribution is -2.33. The van der Waals surface area contributed by atoms with Crippen LogP contribution in [0.4, 0.5) is 13.2 Å². The van der Waals surface area contributed by atoms with E-state index in [9.17, 15) is 13.2 Å². The molecule has 1 atom stereocenters. The summed E-state index contributed by atoms with van der Waals surface area (Å²) in [7, 11) is 0. The van der Waals surface area contributed by atoms with Gasteiger partial charge in [-0.2, -0.15) is 0 Å². The summed E-state index contributed by atoms with van der Waals surface area (Å²) in [6.45, 7) is 4.33. The fourth-order valence-corrected chi connectivity index (χ4v) is 5.16. The number of nitrogens with zero attached hydrogens (tertiary/aromatic N) is 3. The highest BCUT2D eigenvalue weighted by atomic mass is 32.1. The van der Waals surface area contributed by atoms with Gasteiger partial charge in [0, 0.05) is 30.5 Å². The van der Waals surface area contributed by atoms with Gasteiger partial charge >= 0.3 is 0 Å². The maximum absolute atomic E-state index is 14.7. The first-order valence-corrected chi connectivity index (χ1v) is 11.7. The Balaban J connectivity index is 1.52. The zero-order valence-electron chi connectivity index (χ0n) is 18.2. The molecule has 0 unspecified atom stereocenters. The Morgan fingerprint density at radius 3 is 2.79 bits per heavy atom. The molecule has 1 aliphatic carbocycles. The maximum atomic E-state index is 14.7. The zero-order chi connectivity index (χ0) is 23.2. The van der Waals surface area contributed by atoms with E-state index in [-0.39, 0.29) is 12.2 Å². The van der Waals surface area contributed by atoms with Crippen LogP contribution in [0.3, 0.4) is 0 Å². The van der Waals surface area contributed by atoms with Crippen molar-refractivity contribution in [2.45, 2.75) is 51.6 Å². The lowest BCUT2D eigenvalue weighted by molar-refractivity contribution is -0.0701. The van der Waals surface area contributed by atoms with Gasteiger partial charge in [-0.1, -0.05) is 0 Å². The minimum absolute atomic E-state index is 0.0179. The maximum Gasteiger partial charge on any atom is 0.251 e. The van der Waals surface area contributed by atoms with E-state index in [1.165, 1.54) is 17.4 Å². The van der Waals surface area contributed by atoms with Crippen LogP contribution >= 0.6 is 11.3 Å². The third-order valence-electron chi connectivity index (χ3n) is 5.62. The van der Waals surface area contributed by atoms with Crippen LogP contribution in [0.15, 0.2) is 30.5 Å². The molecule has 0 spiro atoms. The van der Waals surface area contributed by atoms with Crippen molar-refractivity contribution in [3.8, 4) is 22.2 Å². The summed E-state index contributed by atoms with van der Waals surface area (Å²) >= 11 is 1.37. The summed E-state index contributed by atoms with van der Waals surface area (Å²) in [4.78, 5) is 13.7. The van der Waals surface area contributed by atoms with Crippen molar-refractivity contribution in [3.05, 3.63) is 41.8 Å². The Morgan fingerprint density at radius 2 is 2.00 bits per heavy atom. The van der Waals surface area contributed by atoms with Crippen molar-refractivity contribution >= 4 is 32.6 Å². The predicted octanol–water partition coefficient (Wildman–Crippen LogP) is 6.71. The van der Waals surface area contributed by atoms with E-state index in [0.717, 1.165) is 11.1 Å². The molecule has 0 bridgehead atoms. The summed E-state index contributed by atoms with van der Waals surface area (Å²) in [6.07, 6.45) is 1.17. The molecule has 5 rings (SSSR count). The molecule has 1 aliphatic rings. The molecule has 172 valence electrons. The number of alkyl halides is 2. The molecular formula is C24H22F3N3O2S. The van der Waals surface area contributed by atoms with Gasteiger partial charge in [0.15, 0.2) is 11.6 Å². The molecular weight excluding hydrogens is 451 g/mol. The van der Waals surface area contributed by atoms with Gasteiger partial charge in [-0.15, -0.1) is 11.3 Å². The van der Waals surface area contributed by atoms with Crippen LogP contribution in [0.5, 0.6) is 11.6 Å². The Bertz CT molecular complexity index is 1340. The van der Waals surface area contributed by atoms with Crippen LogP contribution in [0.2, 0.25) is 0 Å². The summed E-state index contributed by atoms with van der Waals surface area (Å²) in [5, 5.41) is 0.665. The normalized spacial score (nSPS) is 18.0. The second-order valence-corrected chi connectivity index (χ2v) is 9.31. The van der Waals surface area contributed by atoms with E-state index < -0.39 is 24.3 Å². The van der Waals surface area contributed by atoms with Crippen molar-refractivity contribution in [1.29, 1.82) is 0 Å². The van der Waals surface area contributed by atoms with Crippen molar-refractivity contribution < 1.29 is 22.6 Å². The predicted molar refractivity (Wildman–Crippen MR) is 122 cm³/mol. The highest BCUT2D eigenvalue weighted by molar-refractivity contribution is 7.21. The lowest BCUT2D eigenvalue weighted by Gasteiger charge is -2.29. The van der Waals surface area contributed by atoms with E-state index in [4.69, 9.17) is 9.47 Å². The quantitative estimate of drug-likeness (QED) is 0.322. The summed E-state index contributed by atoms with van der Waals surface area (Å²) in [6, 6.07) is 6.73. The van der Waals surface area contributed by atoms with Crippen LogP contribution in [-0.4, -0.2) is 33.6 Å². The number of hydrogen-bond acceptors (Lipinski definition) is 6. The summed E-state index contributed by atoms with van der Waals surface area (Å²) < 4.78 is 54.0. The minimum Gasteiger partial charge on any atom is -0.487 e. The standard InChI is InChI=1S/C24H22F3N3O2S/c1-3-31-21-12-28-22-15(7-13(2)8-18(22)29-21)23-30-17-9-16(25)19(10-20(17)33-23)32-14-5-4-6-24(26,27)11-14/h7-10,12,14H,3-6,11H2,1-2H3/t14-/m0/s1. The second kappa shape index (κ2) is 8.44. The minimum atomic E-state index is -2.77. The Morgan fingerprint density at radius 1 is 1.15 bits per heavy atom. The van der Waals surface area contributed by atoms with Gasteiger partial charge in [-0.3, -0.25) is 0 Å². The van der Waals surface area contributed by atoms with Crippen LogP contribution in [-0.2, 0) is 0 Å². The number of aryl methyl sites for hydroxylation is 1. The Hall–Kier alpha value is -2.94. The average Bonchev–Trinajstić information content (AvgIpc) is 3.15. The molecule has 2 heterocycles. The molecule has 2 aromatic carbocycles. The summed E-state index contributed by atoms with van der Waals surface area (Å²) in [5.74, 6) is -2.95. The molecule has 0 saturated heterocycles. The highest BCUT2D eigenvalue weighted by Gasteiger charge is 2.37.